The molecule has 120 valence electrons. The third kappa shape index (κ3) is 3.55. The summed E-state index contributed by atoms with van der Waals surface area (Å²) in [4.78, 5) is 4.45. The fourth-order valence-electron chi connectivity index (χ4n) is 2.40. The van der Waals surface area contributed by atoms with E-state index in [4.69, 9.17) is 11.6 Å². The number of para-hydroxylation sites is 2. The van der Waals surface area contributed by atoms with E-state index in [2.05, 4.69) is 9.71 Å². The number of rotatable bonds is 5. The van der Waals surface area contributed by atoms with Gasteiger partial charge in [0.1, 0.15) is 5.82 Å². The number of benzene rings is 2. The first-order valence-corrected chi connectivity index (χ1v) is 9.10. The predicted octanol–water partition coefficient (Wildman–Crippen LogP) is 2.85. The van der Waals surface area contributed by atoms with Gasteiger partial charge in [-0.1, -0.05) is 41.9 Å². The number of aryl methyl sites for hydroxylation is 1. The first-order chi connectivity index (χ1) is 11.0. The average Bonchev–Trinajstić information content (AvgIpc) is 2.85. The Labute approximate surface area is 140 Å². The van der Waals surface area contributed by atoms with Gasteiger partial charge in [0.05, 0.1) is 23.3 Å². The minimum absolute atomic E-state index is 0.137. The molecule has 0 fully saturated rings. The fraction of sp³-hybridized carbons (Fsp3) is 0.188. The quantitative estimate of drug-likeness (QED) is 0.770. The second kappa shape index (κ2) is 6.31. The third-order valence-corrected chi connectivity index (χ3v) is 5.28. The van der Waals surface area contributed by atoms with Gasteiger partial charge >= 0.3 is 0 Å². The van der Waals surface area contributed by atoms with Gasteiger partial charge in [-0.05, 0) is 23.8 Å². The summed E-state index contributed by atoms with van der Waals surface area (Å²) >= 11 is 6.02. The SMILES string of the molecule is Cn1c(CNS(=O)(=O)Cc2ccccc2Cl)nc2ccccc21. The summed E-state index contributed by atoms with van der Waals surface area (Å²) in [5.41, 5.74) is 2.38. The van der Waals surface area contributed by atoms with E-state index in [1.807, 2.05) is 35.9 Å². The summed E-state index contributed by atoms with van der Waals surface area (Å²) in [6.07, 6.45) is 0. The second-order valence-electron chi connectivity index (χ2n) is 5.25. The van der Waals surface area contributed by atoms with E-state index in [1.165, 1.54) is 0 Å². The van der Waals surface area contributed by atoms with Crippen LogP contribution in [0.25, 0.3) is 11.0 Å². The molecule has 0 saturated heterocycles. The van der Waals surface area contributed by atoms with Crippen molar-refractivity contribution < 1.29 is 8.42 Å². The maximum Gasteiger partial charge on any atom is 0.216 e. The molecule has 3 rings (SSSR count). The number of halogens is 1. The first-order valence-electron chi connectivity index (χ1n) is 7.07. The molecule has 23 heavy (non-hydrogen) atoms. The maximum absolute atomic E-state index is 12.2. The van der Waals surface area contributed by atoms with Crippen LogP contribution in [0.3, 0.4) is 0 Å². The lowest BCUT2D eigenvalue weighted by Gasteiger charge is -2.08. The number of nitrogens with one attached hydrogen (secondary N) is 1. The van der Waals surface area contributed by atoms with E-state index in [1.54, 1.807) is 24.3 Å². The van der Waals surface area contributed by atoms with Crippen LogP contribution in [0.2, 0.25) is 5.02 Å². The van der Waals surface area contributed by atoms with Crippen molar-refractivity contribution in [3.05, 3.63) is 64.9 Å². The molecule has 0 atom stereocenters. The van der Waals surface area contributed by atoms with Crippen LogP contribution in [0, 0.1) is 0 Å². The van der Waals surface area contributed by atoms with Crippen molar-refractivity contribution in [3.8, 4) is 0 Å². The van der Waals surface area contributed by atoms with Crippen LogP contribution in [0.1, 0.15) is 11.4 Å². The maximum atomic E-state index is 12.2. The smallest absolute Gasteiger partial charge is 0.216 e. The number of hydrogen-bond acceptors (Lipinski definition) is 3. The highest BCUT2D eigenvalue weighted by atomic mass is 35.5. The molecule has 0 aliphatic heterocycles. The lowest BCUT2D eigenvalue weighted by Crippen LogP contribution is -2.26. The molecule has 0 amide bonds. The van der Waals surface area contributed by atoms with Crippen molar-refractivity contribution in [1.82, 2.24) is 14.3 Å². The molecule has 3 aromatic rings. The average molecular weight is 350 g/mol. The van der Waals surface area contributed by atoms with Gasteiger partial charge in [-0.15, -0.1) is 0 Å². The van der Waals surface area contributed by atoms with Crippen LogP contribution in [0.15, 0.2) is 48.5 Å². The van der Waals surface area contributed by atoms with Crippen molar-refractivity contribution in [2.75, 3.05) is 0 Å². The summed E-state index contributed by atoms with van der Waals surface area (Å²) in [5.74, 6) is 0.505. The minimum atomic E-state index is -3.50. The van der Waals surface area contributed by atoms with Crippen LogP contribution in [0.5, 0.6) is 0 Å². The van der Waals surface area contributed by atoms with E-state index < -0.39 is 10.0 Å². The summed E-state index contributed by atoms with van der Waals surface area (Å²) in [6.45, 7) is 0.137. The number of fused-ring (bicyclic) bond motifs is 1. The topological polar surface area (TPSA) is 64.0 Å². The van der Waals surface area contributed by atoms with Gasteiger partial charge in [0, 0.05) is 12.1 Å². The minimum Gasteiger partial charge on any atom is -0.330 e. The summed E-state index contributed by atoms with van der Waals surface area (Å²) in [5, 5.41) is 0.445. The van der Waals surface area contributed by atoms with Crippen LogP contribution in [-0.4, -0.2) is 18.0 Å². The Morgan fingerprint density at radius 2 is 1.83 bits per heavy atom. The van der Waals surface area contributed by atoms with E-state index in [9.17, 15) is 8.42 Å². The zero-order chi connectivity index (χ0) is 16.4. The number of nitrogens with zero attached hydrogens (tertiary/aromatic N) is 2. The van der Waals surface area contributed by atoms with E-state index in [0.717, 1.165) is 11.0 Å². The molecule has 0 saturated carbocycles. The lowest BCUT2D eigenvalue weighted by atomic mass is 10.2. The monoisotopic (exact) mass is 349 g/mol. The molecule has 0 unspecified atom stereocenters. The molecule has 0 bridgehead atoms. The van der Waals surface area contributed by atoms with E-state index in [-0.39, 0.29) is 12.3 Å². The molecule has 0 aliphatic carbocycles. The van der Waals surface area contributed by atoms with Gasteiger partial charge < -0.3 is 4.57 Å². The molecule has 1 heterocycles. The molecule has 1 aromatic heterocycles. The van der Waals surface area contributed by atoms with Crippen molar-refractivity contribution >= 4 is 32.7 Å². The molecule has 0 spiro atoms. The third-order valence-electron chi connectivity index (χ3n) is 3.63. The van der Waals surface area contributed by atoms with Gasteiger partial charge in [-0.2, -0.15) is 0 Å². The number of aromatic nitrogens is 2. The highest BCUT2D eigenvalue weighted by Crippen LogP contribution is 2.18. The molecular weight excluding hydrogens is 334 g/mol. The Hall–Kier alpha value is -1.89. The zero-order valence-electron chi connectivity index (χ0n) is 12.5. The Bertz CT molecular complexity index is 951. The normalized spacial score (nSPS) is 11.9. The second-order valence-corrected chi connectivity index (χ2v) is 7.46. The van der Waals surface area contributed by atoms with Crippen LogP contribution in [-0.2, 0) is 29.4 Å². The Morgan fingerprint density at radius 3 is 2.57 bits per heavy atom. The van der Waals surface area contributed by atoms with Gasteiger partial charge in [0.2, 0.25) is 10.0 Å². The lowest BCUT2D eigenvalue weighted by molar-refractivity contribution is 0.577. The van der Waals surface area contributed by atoms with Crippen molar-refractivity contribution in [3.63, 3.8) is 0 Å². The fourth-order valence-corrected chi connectivity index (χ4v) is 3.79. The zero-order valence-corrected chi connectivity index (χ0v) is 14.1. The Morgan fingerprint density at radius 1 is 1.13 bits per heavy atom. The largest absolute Gasteiger partial charge is 0.330 e. The van der Waals surface area contributed by atoms with Crippen molar-refractivity contribution in [2.45, 2.75) is 12.3 Å². The van der Waals surface area contributed by atoms with Gasteiger partial charge in [-0.25, -0.2) is 18.1 Å². The molecule has 2 aromatic carbocycles. The van der Waals surface area contributed by atoms with Crippen LogP contribution >= 0.6 is 11.6 Å². The molecular formula is C16H16ClN3O2S. The van der Waals surface area contributed by atoms with Crippen molar-refractivity contribution in [2.24, 2.45) is 7.05 Å². The highest BCUT2D eigenvalue weighted by molar-refractivity contribution is 7.88. The molecule has 5 nitrogen and oxygen atoms in total. The Kier molecular flexibility index (Phi) is 4.39. The van der Waals surface area contributed by atoms with Crippen molar-refractivity contribution in [1.29, 1.82) is 0 Å². The molecule has 1 N–H and O–H groups in total. The number of hydrogen-bond donors (Lipinski definition) is 1. The van der Waals surface area contributed by atoms with Crippen LogP contribution in [0.4, 0.5) is 0 Å². The summed E-state index contributed by atoms with van der Waals surface area (Å²) in [7, 11) is -1.63. The number of imidazole rings is 1. The molecule has 0 radical (unpaired) electrons. The summed E-state index contributed by atoms with van der Waals surface area (Å²) < 4.78 is 29.0. The highest BCUT2D eigenvalue weighted by Gasteiger charge is 2.15. The summed E-state index contributed by atoms with van der Waals surface area (Å²) in [6, 6.07) is 14.6. The van der Waals surface area contributed by atoms with Gasteiger partial charge in [0.25, 0.3) is 0 Å². The number of sulfonamides is 1. The molecule has 7 heteroatoms. The predicted molar refractivity (Wildman–Crippen MR) is 91.6 cm³/mol. The standard InChI is InChI=1S/C16H16ClN3O2S/c1-20-15-9-5-4-8-14(15)19-16(20)10-18-23(21,22)11-12-6-2-3-7-13(12)17/h2-9,18H,10-11H2,1H3. The Balaban J connectivity index is 1.76. The first kappa shape index (κ1) is 16.0. The van der Waals surface area contributed by atoms with Gasteiger partial charge in [0.15, 0.2) is 0 Å². The van der Waals surface area contributed by atoms with Gasteiger partial charge in [-0.3, -0.25) is 0 Å². The van der Waals surface area contributed by atoms with E-state index in [0.29, 0.717) is 16.4 Å². The van der Waals surface area contributed by atoms with E-state index >= 15 is 0 Å². The van der Waals surface area contributed by atoms with Crippen LogP contribution < -0.4 is 4.72 Å². The molecule has 0 aliphatic rings.